The van der Waals surface area contributed by atoms with Gasteiger partial charge >= 0.3 is 0 Å². The van der Waals surface area contributed by atoms with Crippen molar-refractivity contribution in [3.63, 3.8) is 0 Å². The summed E-state index contributed by atoms with van der Waals surface area (Å²) in [5, 5.41) is 1.09. The molecule has 0 aromatic rings. The van der Waals surface area contributed by atoms with Crippen molar-refractivity contribution in [2.45, 2.75) is 32.1 Å². The van der Waals surface area contributed by atoms with Gasteiger partial charge < -0.3 is 0 Å². The highest BCUT2D eigenvalue weighted by molar-refractivity contribution is 9.09. The largest absolute Gasteiger partial charge is 0.103 e. The van der Waals surface area contributed by atoms with E-state index >= 15 is 0 Å². The van der Waals surface area contributed by atoms with Crippen LogP contribution in [0, 0.1) is 11.8 Å². The zero-order chi connectivity index (χ0) is 8.10. The fraction of sp³-hybridized carbons (Fsp3) is 0.800. The van der Waals surface area contributed by atoms with E-state index in [4.69, 9.17) is 0 Å². The molecule has 0 radical (unpaired) electrons. The Bertz CT molecular complexity index is 114. The maximum atomic E-state index is 3.84. The third kappa shape index (κ3) is 2.98. The second kappa shape index (κ2) is 4.97. The maximum absolute atomic E-state index is 3.84. The minimum Gasteiger partial charge on any atom is -0.103 e. The summed E-state index contributed by atoms with van der Waals surface area (Å²) in [6.45, 7) is 3.84. The molecule has 1 heteroatoms. The molecule has 0 aliphatic heterocycles. The first-order valence-electron chi connectivity index (χ1n) is 4.55. The number of alkyl halides is 1. The Morgan fingerprint density at radius 3 is 2.55 bits per heavy atom. The second-order valence-corrected chi connectivity index (χ2v) is 4.18. The van der Waals surface area contributed by atoms with E-state index in [0.717, 1.165) is 11.2 Å². The zero-order valence-electron chi connectivity index (χ0n) is 7.06. The van der Waals surface area contributed by atoms with Crippen LogP contribution in [-0.4, -0.2) is 5.33 Å². The van der Waals surface area contributed by atoms with E-state index in [1.165, 1.54) is 32.1 Å². The van der Waals surface area contributed by atoms with Crippen molar-refractivity contribution in [1.29, 1.82) is 0 Å². The minimum absolute atomic E-state index is 0.707. The van der Waals surface area contributed by atoms with Gasteiger partial charge in [0.15, 0.2) is 0 Å². The Morgan fingerprint density at radius 2 is 2.09 bits per heavy atom. The van der Waals surface area contributed by atoms with Crippen LogP contribution >= 0.6 is 15.9 Å². The average Bonchev–Trinajstić information content (AvgIpc) is 2.52. The van der Waals surface area contributed by atoms with Gasteiger partial charge in [-0.05, 0) is 18.3 Å². The molecule has 0 nitrogen and oxygen atoms in total. The van der Waals surface area contributed by atoms with Crippen LogP contribution in [0.4, 0.5) is 0 Å². The van der Waals surface area contributed by atoms with Crippen LogP contribution in [0.25, 0.3) is 0 Å². The highest BCUT2D eigenvalue weighted by Gasteiger charge is 2.17. The Hall–Kier alpha value is 0.220. The summed E-state index contributed by atoms with van der Waals surface area (Å²) < 4.78 is 0. The van der Waals surface area contributed by atoms with E-state index in [-0.39, 0.29) is 0 Å². The first-order chi connectivity index (χ1) is 5.36. The molecule has 0 spiro atoms. The fourth-order valence-corrected chi connectivity index (χ4v) is 2.43. The van der Waals surface area contributed by atoms with Crippen LogP contribution in [0.15, 0.2) is 12.7 Å². The SMILES string of the molecule is C=C[C@H](CBr)CC1CCCC1. The lowest BCUT2D eigenvalue weighted by atomic mass is 9.95. The van der Waals surface area contributed by atoms with E-state index in [0.29, 0.717) is 5.92 Å². The molecule has 0 N–H and O–H groups in total. The second-order valence-electron chi connectivity index (χ2n) is 3.54. The van der Waals surface area contributed by atoms with E-state index in [9.17, 15) is 0 Å². The van der Waals surface area contributed by atoms with Crippen molar-refractivity contribution in [3.05, 3.63) is 12.7 Å². The standard InChI is InChI=1S/C10H17Br/c1-2-9(8-11)7-10-5-3-4-6-10/h2,9-10H,1,3-8H2/t9-/m0/s1. The molecule has 0 saturated heterocycles. The molecule has 0 unspecified atom stereocenters. The molecule has 1 aliphatic rings. The molecule has 1 fully saturated rings. The quantitative estimate of drug-likeness (QED) is 0.496. The molecule has 0 heterocycles. The van der Waals surface area contributed by atoms with Crippen LogP contribution in [0.2, 0.25) is 0 Å². The number of rotatable bonds is 4. The lowest BCUT2D eigenvalue weighted by Gasteiger charge is -2.13. The van der Waals surface area contributed by atoms with Gasteiger partial charge in [-0.1, -0.05) is 47.7 Å². The van der Waals surface area contributed by atoms with Gasteiger partial charge in [0, 0.05) is 5.33 Å². The lowest BCUT2D eigenvalue weighted by Crippen LogP contribution is -2.04. The van der Waals surface area contributed by atoms with E-state index in [1.54, 1.807) is 0 Å². The van der Waals surface area contributed by atoms with Crippen LogP contribution in [-0.2, 0) is 0 Å². The number of hydrogen-bond acceptors (Lipinski definition) is 0. The number of hydrogen-bond donors (Lipinski definition) is 0. The first kappa shape index (κ1) is 9.31. The van der Waals surface area contributed by atoms with Crippen molar-refractivity contribution in [2.75, 3.05) is 5.33 Å². The van der Waals surface area contributed by atoms with Gasteiger partial charge in [0.2, 0.25) is 0 Å². The summed E-state index contributed by atoms with van der Waals surface area (Å²) in [5.41, 5.74) is 0. The summed E-state index contributed by atoms with van der Waals surface area (Å²) in [4.78, 5) is 0. The average molecular weight is 217 g/mol. The van der Waals surface area contributed by atoms with Gasteiger partial charge in [-0.2, -0.15) is 0 Å². The molecule has 64 valence electrons. The third-order valence-corrected chi connectivity index (χ3v) is 3.47. The summed E-state index contributed by atoms with van der Waals surface area (Å²) >= 11 is 3.51. The Morgan fingerprint density at radius 1 is 1.45 bits per heavy atom. The zero-order valence-corrected chi connectivity index (χ0v) is 8.65. The molecule has 1 atom stereocenters. The summed E-state index contributed by atoms with van der Waals surface area (Å²) in [6.07, 6.45) is 9.27. The number of allylic oxidation sites excluding steroid dienone is 1. The van der Waals surface area contributed by atoms with Crippen LogP contribution in [0.3, 0.4) is 0 Å². The van der Waals surface area contributed by atoms with Gasteiger partial charge in [-0.3, -0.25) is 0 Å². The smallest absolute Gasteiger partial charge is 0.00943 e. The van der Waals surface area contributed by atoms with Gasteiger partial charge in [-0.15, -0.1) is 6.58 Å². The van der Waals surface area contributed by atoms with Crippen LogP contribution in [0.1, 0.15) is 32.1 Å². The molecule has 1 aliphatic carbocycles. The van der Waals surface area contributed by atoms with Crippen molar-refractivity contribution < 1.29 is 0 Å². The van der Waals surface area contributed by atoms with E-state index in [2.05, 4.69) is 28.6 Å². The predicted octanol–water partition coefficient (Wildman–Crippen LogP) is 3.76. The van der Waals surface area contributed by atoms with E-state index < -0.39 is 0 Å². The van der Waals surface area contributed by atoms with E-state index in [1.807, 2.05) is 0 Å². The molecule has 0 aromatic carbocycles. The summed E-state index contributed by atoms with van der Waals surface area (Å²) in [6, 6.07) is 0. The molecular weight excluding hydrogens is 200 g/mol. The summed E-state index contributed by atoms with van der Waals surface area (Å²) in [5.74, 6) is 1.70. The van der Waals surface area contributed by atoms with Gasteiger partial charge in [0.25, 0.3) is 0 Å². The minimum atomic E-state index is 0.707. The molecule has 0 bridgehead atoms. The van der Waals surface area contributed by atoms with Gasteiger partial charge in [-0.25, -0.2) is 0 Å². The first-order valence-corrected chi connectivity index (χ1v) is 5.67. The fourth-order valence-electron chi connectivity index (χ4n) is 1.90. The Kier molecular flexibility index (Phi) is 4.21. The lowest BCUT2D eigenvalue weighted by molar-refractivity contribution is 0.449. The molecule has 11 heavy (non-hydrogen) atoms. The summed E-state index contributed by atoms with van der Waals surface area (Å²) in [7, 11) is 0. The Labute approximate surface area is 78.2 Å². The topological polar surface area (TPSA) is 0 Å². The molecule has 1 rings (SSSR count). The molecule has 0 amide bonds. The Balaban J connectivity index is 2.21. The molecule has 0 aromatic heterocycles. The van der Waals surface area contributed by atoms with Crippen molar-refractivity contribution in [2.24, 2.45) is 11.8 Å². The maximum Gasteiger partial charge on any atom is 0.00943 e. The van der Waals surface area contributed by atoms with Gasteiger partial charge in [0.1, 0.15) is 0 Å². The van der Waals surface area contributed by atoms with Crippen LogP contribution in [0.5, 0.6) is 0 Å². The monoisotopic (exact) mass is 216 g/mol. The molecule has 1 saturated carbocycles. The molecular formula is C10H17Br. The van der Waals surface area contributed by atoms with Crippen molar-refractivity contribution in [3.8, 4) is 0 Å². The van der Waals surface area contributed by atoms with Crippen molar-refractivity contribution >= 4 is 15.9 Å². The highest BCUT2D eigenvalue weighted by atomic mass is 79.9. The van der Waals surface area contributed by atoms with Crippen LogP contribution < -0.4 is 0 Å². The normalized spacial score (nSPS) is 21.9. The predicted molar refractivity (Wildman–Crippen MR) is 54.1 cm³/mol. The van der Waals surface area contributed by atoms with Gasteiger partial charge in [0.05, 0.1) is 0 Å². The number of halogens is 1. The van der Waals surface area contributed by atoms with Crippen molar-refractivity contribution in [1.82, 2.24) is 0 Å². The highest BCUT2D eigenvalue weighted by Crippen LogP contribution is 2.30. The third-order valence-electron chi connectivity index (χ3n) is 2.64.